The molecule has 3 rings (SSSR count). The molecule has 0 bridgehead atoms. The van der Waals surface area contributed by atoms with E-state index in [1.54, 1.807) is 4.68 Å². The van der Waals surface area contributed by atoms with Crippen molar-refractivity contribution >= 4 is 5.91 Å². The lowest BCUT2D eigenvalue weighted by molar-refractivity contribution is -0.151. The van der Waals surface area contributed by atoms with Crippen molar-refractivity contribution in [3.05, 3.63) is 18.0 Å². The molecule has 110 valence electrons. The molecule has 1 aromatic heterocycles. The minimum atomic E-state index is -0.458. The molecule has 0 radical (unpaired) electrons. The molecule has 6 heteroatoms. The minimum absolute atomic E-state index is 0.00810. The number of nitrogens with one attached hydrogen (secondary N) is 1. The number of hydrogen-bond acceptors (Lipinski definition) is 4. The van der Waals surface area contributed by atoms with Gasteiger partial charge in [-0.1, -0.05) is 0 Å². The number of hydrogen-bond donors (Lipinski definition) is 1. The Bertz CT molecular complexity index is 495. The average molecular weight is 278 g/mol. The SMILES string of the molecule is Cn1cc([C@@]2(C)CN(C(=O)[C@H]3CCCN3)CCO2)cn1. The molecule has 0 saturated carbocycles. The molecular formula is C14H22N4O2. The van der Waals surface area contributed by atoms with Crippen molar-refractivity contribution in [3.63, 3.8) is 0 Å². The van der Waals surface area contributed by atoms with E-state index in [1.165, 1.54) is 0 Å². The first kappa shape index (κ1) is 13.6. The fourth-order valence-corrected chi connectivity index (χ4v) is 3.04. The molecule has 0 aromatic carbocycles. The minimum Gasteiger partial charge on any atom is -0.367 e. The molecule has 2 fully saturated rings. The first-order valence-electron chi connectivity index (χ1n) is 7.24. The molecule has 1 N–H and O–H groups in total. The molecule has 1 amide bonds. The third-order valence-corrected chi connectivity index (χ3v) is 4.26. The molecule has 2 aliphatic heterocycles. The molecule has 2 aliphatic rings. The van der Waals surface area contributed by atoms with E-state index >= 15 is 0 Å². The molecule has 1 aromatic rings. The molecule has 2 saturated heterocycles. The predicted molar refractivity (Wildman–Crippen MR) is 74.1 cm³/mol. The van der Waals surface area contributed by atoms with Crippen LogP contribution in [0.3, 0.4) is 0 Å². The fourth-order valence-electron chi connectivity index (χ4n) is 3.04. The van der Waals surface area contributed by atoms with Gasteiger partial charge >= 0.3 is 0 Å². The maximum Gasteiger partial charge on any atom is 0.239 e. The summed E-state index contributed by atoms with van der Waals surface area (Å²) in [5.74, 6) is 0.209. The van der Waals surface area contributed by atoms with Crippen LogP contribution < -0.4 is 5.32 Å². The summed E-state index contributed by atoms with van der Waals surface area (Å²) in [5.41, 5.74) is 0.567. The van der Waals surface area contributed by atoms with Crippen molar-refractivity contribution in [1.82, 2.24) is 20.0 Å². The van der Waals surface area contributed by atoms with Crippen molar-refractivity contribution in [1.29, 1.82) is 0 Å². The summed E-state index contributed by atoms with van der Waals surface area (Å²) >= 11 is 0. The quantitative estimate of drug-likeness (QED) is 0.842. The standard InChI is InChI=1S/C14H22N4O2/c1-14(11-8-16-17(2)9-11)10-18(6-7-20-14)13(19)12-4-3-5-15-12/h8-9,12,15H,3-7,10H2,1-2H3/t12-,14-/m1/s1. The van der Waals surface area contributed by atoms with Gasteiger partial charge in [-0.3, -0.25) is 9.48 Å². The Morgan fingerprint density at radius 1 is 1.60 bits per heavy atom. The highest BCUT2D eigenvalue weighted by Crippen LogP contribution is 2.29. The zero-order chi connectivity index (χ0) is 14.2. The van der Waals surface area contributed by atoms with Crippen LogP contribution >= 0.6 is 0 Å². The van der Waals surface area contributed by atoms with Gasteiger partial charge in [0, 0.05) is 25.4 Å². The van der Waals surface area contributed by atoms with E-state index in [-0.39, 0.29) is 11.9 Å². The molecular weight excluding hydrogens is 256 g/mol. The highest BCUT2D eigenvalue weighted by atomic mass is 16.5. The smallest absolute Gasteiger partial charge is 0.239 e. The highest BCUT2D eigenvalue weighted by Gasteiger charge is 2.38. The Kier molecular flexibility index (Phi) is 3.52. The van der Waals surface area contributed by atoms with Crippen LogP contribution in [0.5, 0.6) is 0 Å². The summed E-state index contributed by atoms with van der Waals surface area (Å²) in [5, 5.41) is 7.48. The van der Waals surface area contributed by atoms with Crippen molar-refractivity contribution in [2.75, 3.05) is 26.2 Å². The number of nitrogens with zero attached hydrogens (tertiary/aromatic N) is 3. The number of amides is 1. The normalized spacial score (nSPS) is 30.7. The highest BCUT2D eigenvalue weighted by molar-refractivity contribution is 5.82. The van der Waals surface area contributed by atoms with E-state index in [4.69, 9.17) is 4.74 Å². The van der Waals surface area contributed by atoms with Crippen LogP contribution in [0.2, 0.25) is 0 Å². The third kappa shape index (κ3) is 2.45. The van der Waals surface area contributed by atoms with Gasteiger partial charge in [-0.05, 0) is 26.3 Å². The zero-order valence-corrected chi connectivity index (χ0v) is 12.1. The van der Waals surface area contributed by atoms with E-state index < -0.39 is 5.60 Å². The molecule has 2 atom stereocenters. The van der Waals surface area contributed by atoms with E-state index in [2.05, 4.69) is 10.4 Å². The molecule has 0 spiro atoms. The predicted octanol–water partition coefficient (Wildman–Crippen LogP) is 0.246. The summed E-state index contributed by atoms with van der Waals surface area (Å²) in [6.07, 6.45) is 5.81. The fraction of sp³-hybridized carbons (Fsp3) is 0.714. The number of aromatic nitrogens is 2. The summed E-state index contributed by atoms with van der Waals surface area (Å²) < 4.78 is 7.71. The Morgan fingerprint density at radius 2 is 2.45 bits per heavy atom. The van der Waals surface area contributed by atoms with Crippen LogP contribution in [0.4, 0.5) is 0 Å². The van der Waals surface area contributed by atoms with Crippen LogP contribution in [0.25, 0.3) is 0 Å². The largest absolute Gasteiger partial charge is 0.367 e. The van der Waals surface area contributed by atoms with Crippen LogP contribution in [0.1, 0.15) is 25.3 Å². The van der Waals surface area contributed by atoms with Gasteiger partial charge in [-0.25, -0.2) is 0 Å². The second-order valence-corrected chi connectivity index (χ2v) is 5.89. The van der Waals surface area contributed by atoms with Gasteiger partial charge < -0.3 is 15.0 Å². The van der Waals surface area contributed by atoms with Crippen LogP contribution in [-0.4, -0.2) is 52.9 Å². The van der Waals surface area contributed by atoms with Crippen LogP contribution in [0.15, 0.2) is 12.4 Å². The van der Waals surface area contributed by atoms with E-state index in [0.29, 0.717) is 19.7 Å². The molecule has 0 unspecified atom stereocenters. The van der Waals surface area contributed by atoms with Gasteiger partial charge in [-0.2, -0.15) is 5.10 Å². The first-order valence-corrected chi connectivity index (χ1v) is 7.24. The van der Waals surface area contributed by atoms with E-state index in [9.17, 15) is 4.79 Å². The van der Waals surface area contributed by atoms with Crippen molar-refractivity contribution in [3.8, 4) is 0 Å². The van der Waals surface area contributed by atoms with Gasteiger partial charge in [-0.15, -0.1) is 0 Å². The van der Waals surface area contributed by atoms with Crippen LogP contribution in [0, 0.1) is 0 Å². The summed E-state index contributed by atoms with van der Waals surface area (Å²) in [6.45, 7) is 4.82. The van der Waals surface area contributed by atoms with Gasteiger partial charge in [0.1, 0.15) is 5.60 Å². The van der Waals surface area contributed by atoms with Crippen molar-refractivity contribution in [2.45, 2.75) is 31.4 Å². The first-order chi connectivity index (χ1) is 9.58. The van der Waals surface area contributed by atoms with E-state index in [1.807, 2.05) is 31.3 Å². The Morgan fingerprint density at radius 3 is 3.10 bits per heavy atom. The van der Waals surface area contributed by atoms with Crippen molar-refractivity contribution < 1.29 is 9.53 Å². The van der Waals surface area contributed by atoms with Crippen molar-refractivity contribution in [2.24, 2.45) is 7.05 Å². The lowest BCUT2D eigenvalue weighted by atomic mass is 9.96. The second-order valence-electron chi connectivity index (χ2n) is 5.89. The lowest BCUT2D eigenvalue weighted by Crippen LogP contribution is -2.54. The number of aryl methyl sites for hydroxylation is 1. The number of rotatable bonds is 2. The Labute approximate surface area is 119 Å². The van der Waals surface area contributed by atoms with Gasteiger partial charge in [0.15, 0.2) is 0 Å². The number of morpholine rings is 1. The second kappa shape index (κ2) is 5.18. The lowest BCUT2D eigenvalue weighted by Gasteiger charge is -2.40. The summed E-state index contributed by atoms with van der Waals surface area (Å²) in [6, 6.07) is -0.00810. The monoisotopic (exact) mass is 278 g/mol. The molecule has 0 aliphatic carbocycles. The zero-order valence-electron chi connectivity index (χ0n) is 12.1. The summed E-state index contributed by atoms with van der Waals surface area (Å²) in [4.78, 5) is 14.4. The van der Waals surface area contributed by atoms with Gasteiger partial charge in [0.25, 0.3) is 0 Å². The third-order valence-electron chi connectivity index (χ3n) is 4.26. The Balaban J connectivity index is 1.74. The number of ether oxygens (including phenoxy) is 1. The maximum absolute atomic E-state index is 12.5. The van der Waals surface area contributed by atoms with Crippen LogP contribution in [-0.2, 0) is 22.2 Å². The summed E-state index contributed by atoms with van der Waals surface area (Å²) in [7, 11) is 1.89. The molecule has 3 heterocycles. The topological polar surface area (TPSA) is 59.4 Å². The maximum atomic E-state index is 12.5. The number of carbonyl (C=O) groups excluding carboxylic acids is 1. The van der Waals surface area contributed by atoms with Gasteiger partial charge in [0.2, 0.25) is 5.91 Å². The number of carbonyl (C=O) groups is 1. The molecule has 6 nitrogen and oxygen atoms in total. The Hall–Kier alpha value is -1.40. The molecule has 20 heavy (non-hydrogen) atoms. The average Bonchev–Trinajstić information content (AvgIpc) is 3.09. The van der Waals surface area contributed by atoms with Gasteiger partial charge in [0.05, 0.1) is 25.4 Å². The van der Waals surface area contributed by atoms with E-state index in [0.717, 1.165) is 24.9 Å².